The summed E-state index contributed by atoms with van der Waals surface area (Å²) in [6.07, 6.45) is 5.22. The summed E-state index contributed by atoms with van der Waals surface area (Å²) in [5, 5.41) is 16.5. The molecule has 1 atom stereocenters. The van der Waals surface area contributed by atoms with E-state index in [9.17, 15) is 9.59 Å². The van der Waals surface area contributed by atoms with E-state index in [1.807, 2.05) is 0 Å². The monoisotopic (exact) mass is 378 g/mol. The van der Waals surface area contributed by atoms with Crippen molar-refractivity contribution in [3.8, 4) is 0 Å². The molecular weight excluding hydrogens is 356 g/mol. The summed E-state index contributed by atoms with van der Waals surface area (Å²) in [5.74, 6) is 0.457. The minimum atomic E-state index is -1.00. The first-order valence-electron chi connectivity index (χ1n) is 8.76. The number of rotatable bonds is 7. The third kappa shape index (κ3) is 4.27. The molecule has 0 aromatic carbocycles. The fraction of sp³-hybridized carbons (Fsp3) is 0.588. The number of carbonyl (C=O) groups excluding carboxylic acids is 1. The summed E-state index contributed by atoms with van der Waals surface area (Å²) >= 11 is 1.08. The molecule has 2 aromatic rings. The Morgan fingerprint density at radius 1 is 1.35 bits per heavy atom. The second-order valence-electron chi connectivity index (χ2n) is 6.59. The van der Waals surface area contributed by atoms with Crippen LogP contribution in [0.15, 0.2) is 4.52 Å². The number of aromatic carboxylic acids is 1. The lowest BCUT2D eigenvalue weighted by atomic mass is 10.1. The van der Waals surface area contributed by atoms with E-state index in [1.54, 1.807) is 13.8 Å². The molecule has 0 spiro atoms. The van der Waals surface area contributed by atoms with Crippen LogP contribution in [-0.2, 0) is 11.2 Å². The number of carboxylic acid groups (broad SMARTS) is 1. The number of hydrogen-bond donors (Lipinski definition) is 2. The van der Waals surface area contributed by atoms with Crippen LogP contribution in [0.2, 0.25) is 0 Å². The Morgan fingerprint density at radius 2 is 2.08 bits per heavy atom. The summed E-state index contributed by atoms with van der Waals surface area (Å²) in [5.41, 5.74) is 0.462. The van der Waals surface area contributed by atoms with Crippen molar-refractivity contribution < 1.29 is 19.2 Å². The Balaban J connectivity index is 1.50. The summed E-state index contributed by atoms with van der Waals surface area (Å²) in [4.78, 5) is 32.1. The average molecular weight is 378 g/mol. The lowest BCUT2D eigenvalue weighted by Gasteiger charge is -2.10. The van der Waals surface area contributed by atoms with E-state index in [-0.39, 0.29) is 23.2 Å². The van der Waals surface area contributed by atoms with Crippen LogP contribution < -0.4 is 5.32 Å². The van der Waals surface area contributed by atoms with Gasteiger partial charge in [0.25, 0.3) is 0 Å². The van der Waals surface area contributed by atoms with E-state index >= 15 is 0 Å². The third-order valence-electron chi connectivity index (χ3n) is 4.53. The van der Waals surface area contributed by atoms with Crippen molar-refractivity contribution >= 4 is 23.2 Å². The Kier molecular flexibility index (Phi) is 5.65. The largest absolute Gasteiger partial charge is 0.477 e. The van der Waals surface area contributed by atoms with Gasteiger partial charge in [-0.25, -0.2) is 9.78 Å². The van der Waals surface area contributed by atoms with Gasteiger partial charge in [-0.15, -0.1) is 11.3 Å². The van der Waals surface area contributed by atoms with Crippen molar-refractivity contribution in [3.63, 3.8) is 0 Å². The zero-order valence-corrected chi connectivity index (χ0v) is 15.6. The first kappa shape index (κ1) is 18.5. The van der Waals surface area contributed by atoms with Gasteiger partial charge in [0.05, 0.1) is 11.7 Å². The van der Waals surface area contributed by atoms with Crippen LogP contribution in [-0.4, -0.2) is 32.1 Å². The van der Waals surface area contributed by atoms with Crippen LogP contribution in [0.25, 0.3) is 0 Å². The molecule has 8 nitrogen and oxygen atoms in total. The van der Waals surface area contributed by atoms with Gasteiger partial charge in [-0.3, -0.25) is 4.79 Å². The molecule has 1 unspecified atom stereocenters. The molecule has 140 valence electrons. The maximum atomic E-state index is 12.1. The number of carbonyl (C=O) groups is 2. The SMILES string of the molecule is Cc1nc(C(C)NC(=O)CCc2nc(C3CCCC3)no2)sc1C(=O)O. The molecule has 2 N–H and O–H groups in total. The zero-order chi connectivity index (χ0) is 18.7. The van der Waals surface area contributed by atoms with Crippen molar-refractivity contribution in [1.29, 1.82) is 0 Å². The maximum absolute atomic E-state index is 12.1. The van der Waals surface area contributed by atoms with Crippen molar-refractivity contribution in [3.05, 3.63) is 27.3 Å². The first-order chi connectivity index (χ1) is 12.4. The Labute approximate surface area is 155 Å². The molecule has 1 amide bonds. The normalized spacial score (nSPS) is 15.9. The van der Waals surface area contributed by atoms with E-state index in [0.29, 0.717) is 28.9 Å². The van der Waals surface area contributed by atoms with Crippen molar-refractivity contribution in [1.82, 2.24) is 20.4 Å². The van der Waals surface area contributed by atoms with Crippen LogP contribution >= 0.6 is 11.3 Å². The van der Waals surface area contributed by atoms with Crippen LogP contribution in [0.5, 0.6) is 0 Å². The first-order valence-corrected chi connectivity index (χ1v) is 9.58. The van der Waals surface area contributed by atoms with E-state index < -0.39 is 5.97 Å². The highest BCUT2D eigenvalue weighted by Gasteiger charge is 2.23. The molecule has 2 aromatic heterocycles. The Hall–Kier alpha value is -2.29. The van der Waals surface area contributed by atoms with E-state index in [0.717, 1.165) is 30.0 Å². The lowest BCUT2D eigenvalue weighted by molar-refractivity contribution is -0.121. The highest BCUT2D eigenvalue weighted by molar-refractivity contribution is 7.13. The van der Waals surface area contributed by atoms with Gasteiger partial charge in [-0.1, -0.05) is 18.0 Å². The molecule has 2 heterocycles. The predicted octanol–water partition coefficient (Wildman–Crippen LogP) is 3.00. The van der Waals surface area contributed by atoms with Gasteiger partial charge < -0.3 is 14.9 Å². The maximum Gasteiger partial charge on any atom is 0.347 e. The molecule has 1 aliphatic rings. The molecule has 26 heavy (non-hydrogen) atoms. The van der Waals surface area contributed by atoms with Gasteiger partial charge in [0.2, 0.25) is 11.8 Å². The molecule has 0 bridgehead atoms. The number of hydrogen-bond acceptors (Lipinski definition) is 7. The van der Waals surface area contributed by atoms with Gasteiger partial charge in [0.15, 0.2) is 5.82 Å². The van der Waals surface area contributed by atoms with Crippen LogP contribution in [0.3, 0.4) is 0 Å². The van der Waals surface area contributed by atoms with Crippen molar-refractivity contribution in [2.24, 2.45) is 0 Å². The number of amides is 1. The number of carboxylic acids is 1. The van der Waals surface area contributed by atoms with E-state index in [1.165, 1.54) is 12.8 Å². The topological polar surface area (TPSA) is 118 Å². The van der Waals surface area contributed by atoms with Gasteiger partial charge in [0.1, 0.15) is 9.88 Å². The van der Waals surface area contributed by atoms with Gasteiger partial charge in [-0.05, 0) is 26.7 Å². The number of aryl methyl sites for hydroxylation is 2. The molecular formula is C17H22N4O4S. The highest BCUT2D eigenvalue weighted by atomic mass is 32.1. The van der Waals surface area contributed by atoms with Gasteiger partial charge in [-0.2, -0.15) is 4.98 Å². The predicted molar refractivity (Wildman–Crippen MR) is 94.2 cm³/mol. The third-order valence-corrected chi connectivity index (χ3v) is 5.85. The summed E-state index contributed by atoms with van der Waals surface area (Å²) in [7, 11) is 0. The minimum absolute atomic E-state index is 0.164. The molecule has 1 fully saturated rings. The van der Waals surface area contributed by atoms with E-state index in [4.69, 9.17) is 9.63 Å². The van der Waals surface area contributed by atoms with Crippen molar-refractivity contribution in [2.75, 3.05) is 0 Å². The molecule has 0 saturated heterocycles. The van der Waals surface area contributed by atoms with Crippen LogP contribution in [0.1, 0.15) is 83.1 Å². The summed E-state index contributed by atoms with van der Waals surface area (Å²) in [6, 6.07) is -0.351. The smallest absolute Gasteiger partial charge is 0.347 e. The van der Waals surface area contributed by atoms with Crippen molar-refractivity contribution in [2.45, 2.75) is 64.3 Å². The lowest BCUT2D eigenvalue weighted by Crippen LogP contribution is -2.26. The molecule has 9 heteroatoms. The average Bonchev–Trinajstić information content (AvgIpc) is 3.32. The molecule has 0 radical (unpaired) electrons. The second-order valence-corrected chi connectivity index (χ2v) is 7.62. The Morgan fingerprint density at radius 3 is 2.73 bits per heavy atom. The van der Waals surface area contributed by atoms with Gasteiger partial charge in [0, 0.05) is 18.8 Å². The molecule has 1 aliphatic carbocycles. The Bertz CT molecular complexity index is 795. The zero-order valence-electron chi connectivity index (χ0n) is 14.8. The standard InChI is InChI=1S/C17H22N4O4S/c1-9-14(17(23)24)26-16(19-9)10(2)18-12(22)7-8-13-20-15(21-25-13)11-5-3-4-6-11/h10-11H,3-8H2,1-2H3,(H,18,22)(H,23,24). The quantitative estimate of drug-likeness (QED) is 0.760. The van der Waals surface area contributed by atoms with Crippen LogP contribution in [0.4, 0.5) is 0 Å². The van der Waals surface area contributed by atoms with Gasteiger partial charge >= 0.3 is 5.97 Å². The number of thiazole rings is 1. The minimum Gasteiger partial charge on any atom is -0.477 e. The number of aromatic nitrogens is 3. The molecule has 1 saturated carbocycles. The summed E-state index contributed by atoms with van der Waals surface area (Å²) in [6.45, 7) is 3.43. The molecule has 3 rings (SSSR count). The number of nitrogens with one attached hydrogen (secondary N) is 1. The fourth-order valence-electron chi connectivity index (χ4n) is 3.12. The van der Waals surface area contributed by atoms with Crippen LogP contribution in [0, 0.1) is 6.92 Å². The highest BCUT2D eigenvalue weighted by Crippen LogP contribution is 2.32. The summed E-state index contributed by atoms with van der Waals surface area (Å²) < 4.78 is 5.25. The van der Waals surface area contributed by atoms with E-state index in [2.05, 4.69) is 20.4 Å². The molecule has 0 aliphatic heterocycles. The number of nitrogens with zero attached hydrogens (tertiary/aromatic N) is 3. The fourth-order valence-corrected chi connectivity index (χ4v) is 4.02. The second kappa shape index (κ2) is 7.94.